The van der Waals surface area contributed by atoms with Gasteiger partial charge >= 0.3 is 0 Å². The molecule has 4 nitrogen and oxygen atoms in total. The maximum absolute atomic E-state index is 13.3. The van der Waals surface area contributed by atoms with Gasteiger partial charge in [-0.15, -0.1) is 11.3 Å². The molecule has 0 spiro atoms. The van der Waals surface area contributed by atoms with E-state index in [1.54, 1.807) is 12.3 Å². The van der Waals surface area contributed by atoms with Crippen LogP contribution in [0.25, 0.3) is 0 Å². The molecule has 8 heteroatoms. The number of anilines is 1. The topological polar surface area (TPSA) is 72.2 Å². The monoisotopic (exact) mass is 378 g/mol. The van der Waals surface area contributed by atoms with Crippen LogP contribution in [0.5, 0.6) is 0 Å². The Morgan fingerprint density at radius 2 is 2.10 bits per heavy atom. The van der Waals surface area contributed by atoms with Gasteiger partial charge in [0.25, 0.3) is 10.0 Å². The standard InChI is InChI=1S/C12H12BrFN2O2S2/c1-7-2-10(14)9(13)4-11(7)16-20(17,18)12-3-8(5-15)6-19-12/h2-4,6,16H,5,15H2,1H3. The van der Waals surface area contributed by atoms with Crippen molar-refractivity contribution in [3.8, 4) is 0 Å². The summed E-state index contributed by atoms with van der Waals surface area (Å²) in [5, 5.41) is 1.70. The lowest BCUT2D eigenvalue weighted by Crippen LogP contribution is -2.12. The first-order chi connectivity index (χ1) is 9.33. The summed E-state index contributed by atoms with van der Waals surface area (Å²) in [6, 6.07) is 4.20. The first-order valence-corrected chi connectivity index (χ1v) is 8.75. The van der Waals surface area contributed by atoms with E-state index in [1.165, 1.54) is 18.2 Å². The van der Waals surface area contributed by atoms with Crippen LogP contribution in [0.15, 0.2) is 32.3 Å². The lowest BCUT2D eigenvalue weighted by molar-refractivity contribution is 0.602. The Hall–Kier alpha value is -0.960. The molecule has 1 aromatic carbocycles. The minimum absolute atomic E-state index is 0.179. The molecule has 0 radical (unpaired) electrons. The third kappa shape index (κ3) is 3.20. The van der Waals surface area contributed by atoms with Crippen molar-refractivity contribution in [1.82, 2.24) is 0 Å². The van der Waals surface area contributed by atoms with Gasteiger partial charge in [-0.3, -0.25) is 4.72 Å². The van der Waals surface area contributed by atoms with E-state index in [9.17, 15) is 12.8 Å². The van der Waals surface area contributed by atoms with E-state index < -0.39 is 15.8 Å². The molecule has 0 atom stereocenters. The summed E-state index contributed by atoms with van der Waals surface area (Å²) >= 11 is 4.13. The fraction of sp³-hybridized carbons (Fsp3) is 0.167. The number of sulfonamides is 1. The highest BCUT2D eigenvalue weighted by Gasteiger charge is 2.18. The highest BCUT2D eigenvalue weighted by molar-refractivity contribution is 9.10. The Bertz CT molecular complexity index is 744. The van der Waals surface area contributed by atoms with Crippen molar-refractivity contribution in [3.63, 3.8) is 0 Å². The van der Waals surface area contributed by atoms with Crippen molar-refractivity contribution in [2.24, 2.45) is 5.73 Å². The second-order valence-electron chi connectivity index (χ2n) is 4.16. The number of nitrogens with two attached hydrogens (primary N) is 1. The van der Waals surface area contributed by atoms with Crippen LogP contribution in [0.3, 0.4) is 0 Å². The first kappa shape index (κ1) is 15.4. The van der Waals surface area contributed by atoms with Gasteiger partial charge in [-0.1, -0.05) is 0 Å². The van der Waals surface area contributed by atoms with Crippen LogP contribution in [-0.2, 0) is 16.6 Å². The predicted octanol–water partition coefficient (Wildman–Crippen LogP) is 3.22. The SMILES string of the molecule is Cc1cc(F)c(Br)cc1NS(=O)(=O)c1cc(CN)cs1. The van der Waals surface area contributed by atoms with Gasteiger partial charge in [0.15, 0.2) is 0 Å². The fourth-order valence-electron chi connectivity index (χ4n) is 1.55. The molecule has 0 fully saturated rings. The molecule has 0 aliphatic carbocycles. The lowest BCUT2D eigenvalue weighted by Gasteiger charge is -2.10. The summed E-state index contributed by atoms with van der Waals surface area (Å²) in [7, 11) is -3.69. The second-order valence-corrected chi connectivity index (χ2v) is 7.84. The molecule has 1 aromatic heterocycles. The van der Waals surface area contributed by atoms with E-state index in [2.05, 4.69) is 20.7 Å². The molecule has 0 saturated heterocycles. The zero-order valence-electron chi connectivity index (χ0n) is 10.5. The van der Waals surface area contributed by atoms with E-state index in [0.29, 0.717) is 11.3 Å². The number of halogens is 2. The lowest BCUT2D eigenvalue weighted by atomic mass is 10.2. The smallest absolute Gasteiger partial charge is 0.271 e. The van der Waals surface area contributed by atoms with Crippen LogP contribution >= 0.6 is 27.3 Å². The number of rotatable bonds is 4. The van der Waals surface area contributed by atoms with E-state index in [0.717, 1.165) is 16.9 Å². The van der Waals surface area contributed by atoms with Crippen molar-refractivity contribution >= 4 is 43.0 Å². The van der Waals surface area contributed by atoms with Crippen molar-refractivity contribution in [2.75, 3.05) is 4.72 Å². The molecular formula is C12H12BrFN2O2S2. The van der Waals surface area contributed by atoms with Crippen LogP contribution < -0.4 is 10.5 Å². The van der Waals surface area contributed by atoms with Gasteiger partial charge in [-0.25, -0.2) is 12.8 Å². The van der Waals surface area contributed by atoms with Crippen LogP contribution in [0.4, 0.5) is 10.1 Å². The third-order valence-electron chi connectivity index (χ3n) is 2.64. The predicted molar refractivity (Wildman–Crippen MR) is 81.9 cm³/mol. The van der Waals surface area contributed by atoms with Gasteiger partial charge in [-0.2, -0.15) is 0 Å². The Labute approximate surface area is 129 Å². The van der Waals surface area contributed by atoms with E-state index in [1.807, 2.05) is 0 Å². The Kier molecular flexibility index (Phi) is 4.48. The number of hydrogen-bond acceptors (Lipinski definition) is 4. The number of nitrogens with one attached hydrogen (secondary N) is 1. The first-order valence-electron chi connectivity index (χ1n) is 5.59. The molecule has 0 amide bonds. The van der Waals surface area contributed by atoms with E-state index in [-0.39, 0.29) is 15.2 Å². The third-order valence-corrected chi connectivity index (χ3v) is 6.10. The molecule has 20 heavy (non-hydrogen) atoms. The molecule has 0 bridgehead atoms. The van der Waals surface area contributed by atoms with Crippen LogP contribution in [0.2, 0.25) is 0 Å². The zero-order chi connectivity index (χ0) is 14.9. The number of aryl methyl sites for hydroxylation is 1. The normalized spacial score (nSPS) is 11.6. The van der Waals surface area contributed by atoms with Crippen LogP contribution in [0, 0.1) is 12.7 Å². The summed E-state index contributed by atoms with van der Waals surface area (Å²) in [4.78, 5) is 0. The van der Waals surface area contributed by atoms with Crippen molar-refractivity contribution in [3.05, 3.63) is 45.0 Å². The molecule has 0 aliphatic rings. The van der Waals surface area contributed by atoms with E-state index in [4.69, 9.17) is 5.73 Å². The van der Waals surface area contributed by atoms with Gasteiger partial charge < -0.3 is 5.73 Å². The average molecular weight is 379 g/mol. The summed E-state index contributed by atoms with van der Waals surface area (Å²) < 4.78 is 40.6. The molecule has 2 rings (SSSR count). The largest absolute Gasteiger partial charge is 0.326 e. The second kappa shape index (κ2) is 5.80. The maximum Gasteiger partial charge on any atom is 0.271 e. The van der Waals surface area contributed by atoms with Gasteiger partial charge in [-0.05, 0) is 57.6 Å². The fourth-order valence-corrected chi connectivity index (χ4v) is 4.24. The quantitative estimate of drug-likeness (QED) is 0.857. The summed E-state index contributed by atoms with van der Waals surface area (Å²) in [5.41, 5.74) is 7.06. The number of thiophene rings is 1. The van der Waals surface area contributed by atoms with Crippen molar-refractivity contribution in [1.29, 1.82) is 0 Å². The minimum atomic E-state index is -3.69. The summed E-state index contributed by atoms with van der Waals surface area (Å²) in [5.74, 6) is -0.438. The molecule has 0 unspecified atom stereocenters. The molecule has 108 valence electrons. The maximum atomic E-state index is 13.3. The van der Waals surface area contributed by atoms with Crippen LogP contribution in [-0.4, -0.2) is 8.42 Å². The number of benzene rings is 1. The highest BCUT2D eigenvalue weighted by atomic mass is 79.9. The molecule has 1 heterocycles. The van der Waals surface area contributed by atoms with E-state index >= 15 is 0 Å². The Balaban J connectivity index is 2.35. The van der Waals surface area contributed by atoms with Gasteiger partial charge in [0.2, 0.25) is 0 Å². The Morgan fingerprint density at radius 3 is 2.70 bits per heavy atom. The Morgan fingerprint density at radius 1 is 1.40 bits per heavy atom. The van der Waals surface area contributed by atoms with Crippen LogP contribution in [0.1, 0.15) is 11.1 Å². The average Bonchev–Trinajstić information content (AvgIpc) is 2.85. The molecule has 0 saturated carbocycles. The van der Waals surface area contributed by atoms with Gasteiger partial charge in [0, 0.05) is 6.54 Å². The summed E-state index contributed by atoms with van der Waals surface area (Å²) in [6.45, 7) is 1.92. The zero-order valence-corrected chi connectivity index (χ0v) is 13.7. The molecule has 2 aromatic rings. The minimum Gasteiger partial charge on any atom is -0.326 e. The van der Waals surface area contributed by atoms with Crippen molar-refractivity contribution in [2.45, 2.75) is 17.7 Å². The molecular weight excluding hydrogens is 367 g/mol. The molecule has 0 aliphatic heterocycles. The summed E-state index contributed by atoms with van der Waals surface area (Å²) in [6.07, 6.45) is 0. The van der Waals surface area contributed by atoms with Crippen molar-refractivity contribution < 1.29 is 12.8 Å². The highest BCUT2D eigenvalue weighted by Crippen LogP contribution is 2.28. The number of hydrogen-bond donors (Lipinski definition) is 2. The van der Waals surface area contributed by atoms with Gasteiger partial charge in [0.05, 0.1) is 10.2 Å². The van der Waals surface area contributed by atoms with Gasteiger partial charge in [0.1, 0.15) is 10.0 Å². The molecule has 3 N–H and O–H groups in total.